The Morgan fingerprint density at radius 3 is 3.00 bits per heavy atom. The van der Waals surface area contributed by atoms with Gasteiger partial charge in [-0.05, 0) is 31.7 Å². The van der Waals surface area contributed by atoms with Gasteiger partial charge in [0.05, 0.1) is 0 Å². The number of likely N-dealkylation sites (tertiary alicyclic amines) is 1. The molecule has 2 aliphatic rings. The van der Waals surface area contributed by atoms with Crippen LogP contribution in [0.4, 0.5) is 0 Å². The van der Waals surface area contributed by atoms with Gasteiger partial charge in [-0.1, -0.05) is 13.8 Å². The number of hydrogen-bond acceptors (Lipinski definition) is 2. The van der Waals surface area contributed by atoms with E-state index in [4.69, 9.17) is 0 Å². The summed E-state index contributed by atoms with van der Waals surface area (Å²) >= 11 is 0. The Morgan fingerprint density at radius 1 is 1.47 bits per heavy atom. The lowest BCUT2D eigenvalue weighted by Crippen LogP contribution is -2.51. The van der Waals surface area contributed by atoms with Gasteiger partial charge in [-0.2, -0.15) is 0 Å². The topological polar surface area (TPSA) is 32.3 Å². The molecule has 2 heterocycles. The molecule has 0 aromatic carbocycles. The number of hydrogen-bond donors (Lipinski definition) is 1. The van der Waals surface area contributed by atoms with Crippen molar-refractivity contribution in [2.45, 2.75) is 51.6 Å². The second kappa shape index (κ2) is 4.52. The SMILES string of the molecule is CC(C)CC(=O)N1CCCC2NCCC21. The minimum Gasteiger partial charge on any atom is -0.338 e. The van der Waals surface area contributed by atoms with Gasteiger partial charge in [0.15, 0.2) is 0 Å². The van der Waals surface area contributed by atoms with E-state index in [2.05, 4.69) is 24.1 Å². The van der Waals surface area contributed by atoms with Crippen LogP contribution in [-0.4, -0.2) is 36.0 Å². The highest BCUT2D eigenvalue weighted by Crippen LogP contribution is 2.25. The monoisotopic (exact) mass is 210 g/mol. The number of nitrogens with zero attached hydrogens (tertiary/aromatic N) is 1. The normalized spacial score (nSPS) is 30.7. The van der Waals surface area contributed by atoms with Gasteiger partial charge in [-0.15, -0.1) is 0 Å². The van der Waals surface area contributed by atoms with E-state index in [9.17, 15) is 4.79 Å². The van der Waals surface area contributed by atoms with Crippen LogP contribution in [0.3, 0.4) is 0 Å². The van der Waals surface area contributed by atoms with Crippen LogP contribution >= 0.6 is 0 Å². The van der Waals surface area contributed by atoms with Crippen LogP contribution in [0, 0.1) is 5.92 Å². The van der Waals surface area contributed by atoms with Crippen molar-refractivity contribution < 1.29 is 4.79 Å². The number of piperidine rings is 1. The zero-order valence-corrected chi connectivity index (χ0v) is 9.83. The standard InChI is InChI=1S/C12H22N2O/c1-9(2)8-12(15)14-7-3-4-10-11(14)5-6-13-10/h9-11,13H,3-8H2,1-2H3. The number of carbonyl (C=O) groups excluding carboxylic acids is 1. The summed E-state index contributed by atoms with van der Waals surface area (Å²) in [5, 5.41) is 3.50. The molecule has 0 aromatic heterocycles. The van der Waals surface area contributed by atoms with Gasteiger partial charge in [0, 0.05) is 25.0 Å². The number of nitrogens with one attached hydrogen (secondary N) is 1. The Labute approximate surface area is 92.2 Å². The van der Waals surface area contributed by atoms with Crippen LogP contribution in [0.25, 0.3) is 0 Å². The lowest BCUT2D eigenvalue weighted by molar-refractivity contribution is -0.135. The molecule has 0 bridgehead atoms. The van der Waals surface area contributed by atoms with Gasteiger partial charge in [0.1, 0.15) is 0 Å². The highest BCUT2D eigenvalue weighted by atomic mass is 16.2. The lowest BCUT2D eigenvalue weighted by Gasteiger charge is -2.37. The summed E-state index contributed by atoms with van der Waals surface area (Å²) in [5.74, 6) is 0.843. The highest BCUT2D eigenvalue weighted by molar-refractivity contribution is 5.77. The molecule has 2 aliphatic heterocycles. The van der Waals surface area contributed by atoms with Crippen molar-refractivity contribution in [1.82, 2.24) is 10.2 Å². The van der Waals surface area contributed by atoms with E-state index in [-0.39, 0.29) is 0 Å². The van der Waals surface area contributed by atoms with Crippen LogP contribution in [0.5, 0.6) is 0 Å². The first-order valence-corrected chi connectivity index (χ1v) is 6.21. The van der Waals surface area contributed by atoms with Crippen LogP contribution in [0.1, 0.15) is 39.5 Å². The highest BCUT2D eigenvalue weighted by Gasteiger charge is 2.36. The summed E-state index contributed by atoms with van der Waals surface area (Å²) in [6.07, 6.45) is 4.27. The Kier molecular flexibility index (Phi) is 3.29. The third-order valence-electron chi connectivity index (χ3n) is 3.53. The first-order valence-electron chi connectivity index (χ1n) is 6.21. The van der Waals surface area contributed by atoms with Crippen molar-refractivity contribution in [3.63, 3.8) is 0 Å². The fraction of sp³-hybridized carbons (Fsp3) is 0.917. The van der Waals surface area contributed by atoms with Gasteiger partial charge in [0.25, 0.3) is 0 Å². The Morgan fingerprint density at radius 2 is 2.27 bits per heavy atom. The maximum Gasteiger partial charge on any atom is 0.223 e. The van der Waals surface area contributed by atoms with Gasteiger partial charge < -0.3 is 10.2 Å². The maximum atomic E-state index is 12.0. The first kappa shape index (κ1) is 10.9. The predicted octanol–water partition coefficient (Wildman–Crippen LogP) is 1.39. The van der Waals surface area contributed by atoms with E-state index in [1.165, 1.54) is 6.42 Å². The molecule has 2 saturated heterocycles. The minimum absolute atomic E-state index is 0.364. The maximum absolute atomic E-state index is 12.0. The molecule has 2 atom stereocenters. The fourth-order valence-electron chi connectivity index (χ4n) is 2.84. The summed E-state index contributed by atoms with van der Waals surface area (Å²) in [7, 11) is 0. The van der Waals surface area contributed by atoms with E-state index in [0.717, 1.165) is 25.9 Å². The molecule has 15 heavy (non-hydrogen) atoms. The summed E-state index contributed by atoms with van der Waals surface area (Å²) in [5.41, 5.74) is 0. The second-order valence-corrected chi connectivity index (χ2v) is 5.24. The lowest BCUT2D eigenvalue weighted by atomic mass is 9.96. The molecule has 1 N–H and O–H groups in total. The Balaban J connectivity index is 1.98. The van der Waals surface area contributed by atoms with Gasteiger partial charge in [0.2, 0.25) is 5.91 Å². The fourth-order valence-corrected chi connectivity index (χ4v) is 2.84. The summed E-state index contributed by atoms with van der Waals surface area (Å²) in [4.78, 5) is 14.2. The Bertz CT molecular complexity index is 240. The van der Waals surface area contributed by atoms with Crippen LogP contribution in [0.2, 0.25) is 0 Å². The number of carbonyl (C=O) groups is 1. The number of fused-ring (bicyclic) bond motifs is 1. The van der Waals surface area contributed by atoms with E-state index in [1.54, 1.807) is 0 Å². The third-order valence-corrected chi connectivity index (χ3v) is 3.53. The molecule has 2 rings (SSSR count). The van der Waals surface area contributed by atoms with E-state index in [1.807, 2.05) is 0 Å². The average molecular weight is 210 g/mol. The van der Waals surface area contributed by atoms with E-state index >= 15 is 0 Å². The van der Waals surface area contributed by atoms with Crippen molar-refractivity contribution in [2.75, 3.05) is 13.1 Å². The summed E-state index contributed by atoms with van der Waals surface area (Å²) in [6.45, 7) is 6.30. The van der Waals surface area contributed by atoms with E-state index in [0.29, 0.717) is 30.3 Å². The quantitative estimate of drug-likeness (QED) is 0.747. The molecule has 2 unspecified atom stereocenters. The van der Waals surface area contributed by atoms with Gasteiger partial charge in [-0.25, -0.2) is 0 Å². The Hall–Kier alpha value is -0.570. The first-order chi connectivity index (χ1) is 7.18. The zero-order valence-electron chi connectivity index (χ0n) is 9.83. The molecule has 0 spiro atoms. The number of amides is 1. The average Bonchev–Trinajstić information content (AvgIpc) is 2.63. The van der Waals surface area contributed by atoms with E-state index < -0.39 is 0 Å². The van der Waals surface area contributed by atoms with Crippen molar-refractivity contribution in [1.29, 1.82) is 0 Å². The molecule has 3 nitrogen and oxygen atoms in total. The van der Waals surface area contributed by atoms with Crippen molar-refractivity contribution in [2.24, 2.45) is 5.92 Å². The molecule has 0 aromatic rings. The zero-order chi connectivity index (χ0) is 10.8. The molecular weight excluding hydrogens is 188 g/mol. The minimum atomic E-state index is 0.364. The molecular formula is C12H22N2O. The van der Waals surface area contributed by atoms with Crippen LogP contribution < -0.4 is 5.32 Å². The summed E-state index contributed by atoms with van der Waals surface area (Å²) in [6, 6.07) is 1.07. The van der Waals surface area contributed by atoms with Crippen LogP contribution in [0.15, 0.2) is 0 Å². The van der Waals surface area contributed by atoms with Crippen molar-refractivity contribution >= 4 is 5.91 Å². The van der Waals surface area contributed by atoms with Crippen molar-refractivity contribution in [3.05, 3.63) is 0 Å². The molecule has 3 heteroatoms. The van der Waals surface area contributed by atoms with Gasteiger partial charge >= 0.3 is 0 Å². The number of rotatable bonds is 2. The largest absolute Gasteiger partial charge is 0.338 e. The molecule has 0 saturated carbocycles. The van der Waals surface area contributed by atoms with Crippen molar-refractivity contribution in [3.8, 4) is 0 Å². The molecule has 0 aliphatic carbocycles. The molecule has 2 fully saturated rings. The molecule has 0 radical (unpaired) electrons. The molecule has 86 valence electrons. The molecule has 1 amide bonds. The third kappa shape index (κ3) is 2.33. The van der Waals surface area contributed by atoms with Gasteiger partial charge in [-0.3, -0.25) is 4.79 Å². The smallest absolute Gasteiger partial charge is 0.223 e. The summed E-state index contributed by atoms with van der Waals surface area (Å²) < 4.78 is 0. The second-order valence-electron chi connectivity index (χ2n) is 5.24. The predicted molar refractivity (Wildman–Crippen MR) is 60.6 cm³/mol. The van der Waals surface area contributed by atoms with Crippen LogP contribution in [-0.2, 0) is 4.79 Å².